The summed E-state index contributed by atoms with van der Waals surface area (Å²) in [6.07, 6.45) is 4.19. The number of rotatable bonds is 5. The lowest BCUT2D eigenvalue weighted by atomic mass is 10.1. The summed E-state index contributed by atoms with van der Waals surface area (Å²) in [4.78, 5) is 28.4. The molecule has 0 bridgehead atoms. The number of nitrogens with one attached hydrogen (secondary N) is 1. The van der Waals surface area contributed by atoms with Crippen LogP contribution < -0.4 is 5.32 Å². The van der Waals surface area contributed by atoms with Crippen molar-refractivity contribution in [1.29, 1.82) is 0 Å². The Balaban J connectivity index is 1.63. The largest absolute Gasteiger partial charge is 0.452 e. The van der Waals surface area contributed by atoms with Crippen LogP contribution in [0.5, 0.6) is 0 Å². The van der Waals surface area contributed by atoms with Crippen molar-refractivity contribution in [1.82, 2.24) is 14.6 Å². The van der Waals surface area contributed by atoms with E-state index in [1.165, 1.54) is 10.1 Å². The summed E-state index contributed by atoms with van der Waals surface area (Å²) >= 11 is 0. The van der Waals surface area contributed by atoms with Gasteiger partial charge in [-0.15, -0.1) is 0 Å². The van der Waals surface area contributed by atoms with Gasteiger partial charge in [-0.1, -0.05) is 19.1 Å². The maximum Gasteiger partial charge on any atom is 0.344 e. The van der Waals surface area contributed by atoms with Crippen LogP contribution in [0.25, 0.3) is 5.65 Å². The predicted molar refractivity (Wildman–Crippen MR) is 92.5 cm³/mol. The zero-order valence-corrected chi connectivity index (χ0v) is 14.0. The maximum absolute atomic E-state index is 12.3. The molecule has 0 atom stereocenters. The Morgan fingerprint density at radius 3 is 2.72 bits per heavy atom. The third kappa shape index (κ3) is 3.65. The second-order valence-electron chi connectivity index (χ2n) is 5.52. The lowest BCUT2D eigenvalue weighted by Crippen LogP contribution is -2.21. The van der Waals surface area contributed by atoms with Crippen molar-refractivity contribution in [2.24, 2.45) is 0 Å². The van der Waals surface area contributed by atoms with Crippen LogP contribution >= 0.6 is 0 Å². The lowest BCUT2D eigenvalue weighted by Gasteiger charge is -2.07. The van der Waals surface area contributed by atoms with Crippen LogP contribution in [0.3, 0.4) is 0 Å². The van der Waals surface area contributed by atoms with Gasteiger partial charge in [-0.3, -0.25) is 4.79 Å². The van der Waals surface area contributed by atoms with Gasteiger partial charge >= 0.3 is 5.97 Å². The molecule has 0 radical (unpaired) electrons. The summed E-state index contributed by atoms with van der Waals surface area (Å²) in [7, 11) is 0. The number of anilines is 1. The van der Waals surface area contributed by atoms with Crippen molar-refractivity contribution in [3.8, 4) is 0 Å². The number of ether oxygens (including phenoxy) is 1. The molecule has 2 aromatic heterocycles. The summed E-state index contributed by atoms with van der Waals surface area (Å²) < 4.78 is 6.61. The van der Waals surface area contributed by atoms with Crippen molar-refractivity contribution < 1.29 is 14.3 Å². The number of benzene rings is 1. The molecule has 25 heavy (non-hydrogen) atoms. The summed E-state index contributed by atoms with van der Waals surface area (Å²) in [6.45, 7) is 3.38. The number of carbonyl (C=O) groups excluding carboxylic acids is 2. The molecule has 7 heteroatoms. The van der Waals surface area contributed by atoms with Crippen molar-refractivity contribution >= 4 is 23.2 Å². The minimum absolute atomic E-state index is 0.265. The van der Waals surface area contributed by atoms with E-state index >= 15 is 0 Å². The number of amides is 1. The maximum atomic E-state index is 12.3. The molecule has 0 unspecified atom stereocenters. The highest BCUT2D eigenvalue weighted by atomic mass is 16.5. The highest BCUT2D eigenvalue weighted by Crippen LogP contribution is 2.14. The third-order valence-electron chi connectivity index (χ3n) is 3.75. The normalized spacial score (nSPS) is 10.6. The number of nitrogens with zero attached hydrogens (tertiary/aromatic N) is 3. The zero-order valence-electron chi connectivity index (χ0n) is 14.0. The fourth-order valence-electron chi connectivity index (χ4n) is 2.46. The second kappa shape index (κ2) is 7.12. The monoisotopic (exact) mass is 338 g/mol. The molecule has 0 aliphatic heterocycles. The number of aromatic nitrogens is 3. The first-order chi connectivity index (χ1) is 12.1. The molecule has 1 aromatic carbocycles. The molecule has 3 aromatic rings. The Morgan fingerprint density at radius 1 is 1.24 bits per heavy atom. The van der Waals surface area contributed by atoms with E-state index in [4.69, 9.17) is 4.74 Å². The fourth-order valence-corrected chi connectivity index (χ4v) is 2.46. The van der Waals surface area contributed by atoms with E-state index < -0.39 is 11.9 Å². The number of hydrogen-bond acceptors (Lipinski definition) is 5. The first kappa shape index (κ1) is 16.6. The van der Waals surface area contributed by atoms with Crippen molar-refractivity contribution in [2.75, 3.05) is 11.9 Å². The number of aryl methyl sites for hydroxylation is 2. The number of carbonyl (C=O) groups is 2. The van der Waals surface area contributed by atoms with E-state index in [0.717, 1.165) is 6.42 Å². The fraction of sp³-hybridized carbons (Fsp3) is 0.222. The number of hydrogen-bond donors (Lipinski definition) is 1. The molecule has 0 aliphatic rings. The van der Waals surface area contributed by atoms with Crippen LogP contribution in [-0.4, -0.2) is 33.1 Å². The van der Waals surface area contributed by atoms with Gasteiger partial charge in [0.1, 0.15) is 5.56 Å². The molecule has 0 saturated heterocycles. The smallest absolute Gasteiger partial charge is 0.344 e. The van der Waals surface area contributed by atoms with Crippen LogP contribution in [-0.2, 0) is 16.0 Å². The first-order valence-corrected chi connectivity index (χ1v) is 7.94. The molecule has 7 nitrogen and oxygen atoms in total. The Kier molecular flexibility index (Phi) is 4.74. The van der Waals surface area contributed by atoms with Gasteiger partial charge in [0, 0.05) is 18.1 Å². The van der Waals surface area contributed by atoms with Crippen molar-refractivity contribution in [3.05, 3.63) is 59.5 Å². The van der Waals surface area contributed by atoms with Crippen molar-refractivity contribution in [2.45, 2.75) is 20.3 Å². The Morgan fingerprint density at radius 2 is 2.00 bits per heavy atom. The molecular formula is C18H18N4O3. The van der Waals surface area contributed by atoms with E-state index in [1.807, 2.05) is 24.3 Å². The quantitative estimate of drug-likeness (QED) is 0.722. The Bertz CT molecular complexity index is 916. The summed E-state index contributed by atoms with van der Waals surface area (Å²) in [6, 6.07) is 9.23. The molecule has 128 valence electrons. The molecule has 2 heterocycles. The molecular weight excluding hydrogens is 320 g/mol. The van der Waals surface area contributed by atoms with Crippen LogP contribution in [0, 0.1) is 6.92 Å². The highest BCUT2D eigenvalue weighted by molar-refractivity contribution is 5.99. The summed E-state index contributed by atoms with van der Waals surface area (Å²) in [5.74, 6) is -1.03. The van der Waals surface area contributed by atoms with E-state index in [-0.39, 0.29) is 12.2 Å². The average molecular weight is 338 g/mol. The van der Waals surface area contributed by atoms with Gasteiger partial charge < -0.3 is 10.1 Å². The van der Waals surface area contributed by atoms with Crippen LogP contribution in [0.4, 0.5) is 5.69 Å². The van der Waals surface area contributed by atoms with Gasteiger partial charge in [-0.2, -0.15) is 5.10 Å². The molecule has 1 N–H and O–H groups in total. The Labute approximate surface area is 144 Å². The van der Waals surface area contributed by atoms with Crippen LogP contribution in [0.15, 0.2) is 42.7 Å². The van der Waals surface area contributed by atoms with Gasteiger partial charge in [0.15, 0.2) is 12.3 Å². The van der Waals surface area contributed by atoms with Gasteiger partial charge in [0.2, 0.25) is 0 Å². The number of fused-ring (bicyclic) bond motifs is 1. The molecule has 1 amide bonds. The molecule has 0 spiro atoms. The van der Waals surface area contributed by atoms with Gasteiger partial charge in [0.25, 0.3) is 5.91 Å². The summed E-state index contributed by atoms with van der Waals surface area (Å²) in [5.41, 5.74) is 3.01. The molecule has 0 fully saturated rings. The predicted octanol–water partition coefficient (Wildman–Crippen LogP) is 2.40. The first-order valence-electron chi connectivity index (χ1n) is 7.94. The highest BCUT2D eigenvalue weighted by Gasteiger charge is 2.20. The topological polar surface area (TPSA) is 85.6 Å². The molecule has 0 saturated carbocycles. The van der Waals surface area contributed by atoms with Gasteiger partial charge in [-0.05, 0) is 37.1 Å². The minimum atomic E-state index is -0.623. The van der Waals surface area contributed by atoms with Gasteiger partial charge in [0.05, 0.1) is 5.69 Å². The third-order valence-corrected chi connectivity index (χ3v) is 3.75. The van der Waals surface area contributed by atoms with E-state index in [9.17, 15) is 9.59 Å². The summed E-state index contributed by atoms with van der Waals surface area (Å²) in [5, 5.41) is 6.89. The average Bonchev–Trinajstić information content (AvgIpc) is 2.96. The van der Waals surface area contributed by atoms with Crippen LogP contribution in [0.1, 0.15) is 28.5 Å². The molecule has 3 rings (SSSR count). The van der Waals surface area contributed by atoms with E-state index in [0.29, 0.717) is 17.0 Å². The SMILES string of the molecule is CCc1ccc(NC(=O)COC(=O)c2c(C)nn3cccnc23)cc1. The minimum Gasteiger partial charge on any atom is -0.452 e. The zero-order chi connectivity index (χ0) is 17.8. The van der Waals surface area contributed by atoms with Crippen molar-refractivity contribution in [3.63, 3.8) is 0 Å². The Hall–Kier alpha value is -3.22. The lowest BCUT2D eigenvalue weighted by molar-refractivity contribution is -0.119. The second-order valence-corrected chi connectivity index (χ2v) is 5.52. The van der Waals surface area contributed by atoms with E-state index in [2.05, 4.69) is 22.3 Å². The van der Waals surface area contributed by atoms with Crippen LogP contribution in [0.2, 0.25) is 0 Å². The van der Waals surface area contributed by atoms with Gasteiger partial charge in [-0.25, -0.2) is 14.3 Å². The molecule has 0 aliphatic carbocycles. The van der Waals surface area contributed by atoms with E-state index in [1.54, 1.807) is 25.4 Å². The number of esters is 1. The standard InChI is InChI=1S/C18H18N4O3/c1-3-13-5-7-14(8-6-13)20-15(23)11-25-18(24)16-12(2)21-22-10-4-9-19-17(16)22/h4-10H,3,11H2,1-2H3,(H,20,23).